The Morgan fingerprint density at radius 2 is 1.96 bits per heavy atom. The standard InChI is InChI=1S/C19H19ClF3NO3/c1-3-14(11-26-15-6-4-5-13(10-15)19(21,22)23)27-18(25)24-17-9-12(2)7-8-16(17)20/h4-10,14H,3,11H2,1-2H3,(H,24,25). The van der Waals surface area contributed by atoms with Gasteiger partial charge in [-0.25, -0.2) is 4.79 Å². The predicted octanol–water partition coefficient (Wildman–Crippen LogP) is 6.07. The first-order chi connectivity index (χ1) is 12.7. The minimum Gasteiger partial charge on any atom is -0.490 e. The lowest BCUT2D eigenvalue weighted by Gasteiger charge is -2.18. The highest BCUT2D eigenvalue weighted by Crippen LogP contribution is 2.31. The van der Waals surface area contributed by atoms with Crippen LogP contribution in [0.5, 0.6) is 5.75 Å². The fraction of sp³-hybridized carbons (Fsp3) is 0.316. The van der Waals surface area contributed by atoms with Crippen molar-refractivity contribution in [3.63, 3.8) is 0 Å². The number of hydrogen-bond donors (Lipinski definition) is 1. The molecule has 0 aliphatic rings. The number of amides is 1. The zero-order valence-corrected chi connectivity index (χ0v) is 15.5. The van der Waals surface area contributed by atoms with Crippen LogP contribution in [-0.2, 0) is 10.9 Å². The van der Waals surface area contributed by atoms with Crippen molar-refractivity contribution in [1.29, 1.82) is 0 Å². The summed E-state index contributed by atoms with van der Waals surface area (Å²) < 4.78 is 48.8. The average Bonchev–Trinajstić information content (AvgIpc) is 2.61. The molecule has 0 spiro atoms. The van der Waals surface area contributed by atoms with Gasteiger partial charge in [0.1, 0.15) is 18.5 Å². The molecule has 1 amide bonds. The molecule has 0 bridgehead atoms. The molecule has 0 heterocycles. The minimum absolute atomic E-state index is 0.0500. The van der Waals surface area contributed by atoms with Crippen LogP contribution in [0, 0.1) is 6.92 Å². The van der Waals surface area contributed by atoms with E-state index in [1.165, 1.54) is 12.1 Å². The maximum absolute atomic E-state index is 12.7. The molecule has 146 valence electrons. The van der Waals surface area contributed by atoms with E-state index in [2.05, 4.69) is 5.32 Å². The van der Waals surface area contributed by atoms with E-state index in [4.69, 9.17) is 21.1 Å². The van der Waals surface area contributed by atoms with E-state index in [1.807, 2.05) is 6.92 Å². The fourth-order valence-corrected chi connectivity index (χ4v) is 2.38. The number of alkyl halides is 3. The number of halogens is 4. The van der Waals surface area contributed by atoms with E-state index in [9.17, 15) is 18.0 Å². The molecule has 4 nitrogen and oxygen atoms in total. The lowest BCUT2D eigenvalue weighted by molar-refractivity contribution is -0.137. The maximum atomic E-state index is 12.7. The van der Waals surface area contributed by atoms with Gasteiger partial charge >= 0.3 is 12.3 Å². The molecule has 1 N–H and O–H groups in total. The molecule has 0 saturated heterocycles. The molecule has 1 unspecified atom stereocenters. The normalized spacial score (nSPS) is 12.4. The third-order valence-corrected chi connectivity index (χ3v) is 4.01. The molecule has 0 fully saturated rings. The van der Waals surface area contributed by atoms with Crippen molar-refractivity contribution in [2.75, 3.05) is 11.9 Å². The van der Waals surface area contributed by atoms with Gasteiger partial charge in [-0.1, -0.05) is 30.7 Å². The molecule has 2 aromatic carbocycles. The number of nitrogens with one attached hydrogen (secondary N) is 1. The van der Waals surface area contributed by atoms with Gasteiger partial charge in [0.25, 0.3) is 0 Å². The zero-order chi connectivity index (χ0) is 20.0. The van der Waals surface area contributed by atoms with Crippen molar-refractivity contribution in [3.8, 4) is 5.75 Å². The monoisotopic (exact) mass is 401 g/mol. The summed E-state index contributed by atoms with van der Waals surface area (Å²) in [6.07, 6.45) is -5.38. The Morgan fingerprint density at radius 3 is 2.63 bits per heavy atom. The van der Waals surface area contributed by atoms with E-state index in [0.29, 0.717) is 17.1 Å². The van der Waals surface area contributed by atoms with Gasteiger partial charge in [-0.3, -0.25) is 5.32 Å². The summed E-state index contributed by atoms with van der Waals surface area (Å²) in [5, 5.41) is 2.91. The van der Waals surface area contributed by atoms with Crippen LogP contribution >= 0.6 is 11.6 Å². The van der Waals surface area contributed by atoms with Gasteiger partial charge in [0.15, 0.2) is 0 Å². The van der Waals surface area contributed by atoms with Gasteiger partial charge in [-0.2, -0.15) is 13.2 Å². The summed E-state index contributed by atoms with van der Waals surface area (Å²) in [5.74, 6) is 0.0500. The van der Waals surface area contributed by atoms with Gasteiger partial charge in [0, 0.05) is 0 Å². The summed E-state index contributed by atoms with van der Waals surface area (Å²) >= 11 is 6.02. The second kappa shape index (κ2) is 8.99. The van der Waals surface area contributed by atoms with Crippen LogP contribution in [0.4, 0.5) is 23.7 Å². The summed E-state index contributed by atoms with van der Waals surface area (Å²) in [6, 6.07) is 9.68. The number of rotatable bonds is 6. The van der Waals surface area contributed by atoms with Crippen LogP contribution in [0.25, 0.3) is 0 Å². The van der Waals surface area contributed by atoms with Crippen LogP contribution in [0.15, 0.2) is 42.5 Å². The SMILES string of the molecule is CCC(COc1cccc(C(F)(F)F)c1)OC(=O)Nc1cc(C)ccc1Cl. The quantitative estimate of drug-likeness (QED) is 0.638. The van der Waals surface area contributed by atoms with Gasteiger partial charge < -0.3 is 9.47 Å². The average molecular weight is 402 g/mol. The first-order valence-electron chi connectivity index (χ1n) is 8.23. The molecule has 2 rings (SSSR count). The molecular weight excluding hydrogens is 383 g/mol. The molecular formula is C19H19ClF3NO3. The molecule has 27 heavy (non-hydrogen) atoms. The van der Waals surface area contributed by atoms with Gasteiger partial charge in [-0.05, 0) is 49.2 Å². The van der Waals surface area contributed by atoms with E-state index >= 15 is 0 Å². The highest BCUT2D eigenvalue weighted by atomic mass is 35.5. The molecule has 0 saturated carbocycles. The lowest BCUT2D eigenvalue weighted by atomic mass is 10.2. The molecule has 0 radical (unpaired) electrons. The van der Waals surface area contributed by atoms with Crippen LogP contribution in [0.3, 0.4) is 0 Å². The largest absolute Gasteiger partial charge is 0.490 e. The number of ether oxygens (including phenoxy) is 2. The number of carbonyl (C=O) groups excluding carboxylic acids is 1. The Bertz CT molecular complexity index is 796. The van der Waals surface area contributed by atoms with Crippen LogP contribution in [-0.4, -0.2) is 18.8 Å². The Morgan fingerprint density at radius 1 is 1.22 bits per heavy atom. The third-order valence-electron chi connectivity index (χ3n) is 3.68. The number of carbonyl (C=O) groups is 1. The zero-order valence-electron chi connectivity index (χ0n) is 14.8. The van der Waals surface area contributed by atoms with Crippen molar-refractivity contribution in [3.05, 3.63) is 58.6 Å². The van der Waals surface area contributed by atoms with E-state index < -0.39 is 23.9 Å². The molecule has 8 heteroatoms. The Kier molecular flexibility index (Phi) is 6.96. The smallest absolute Gasteiger partial charge is 0.416 e. The summed E-state index contributed by atoms with van der Waals surface area (Å²) in [6.45, 7) is 3.55. The van der Waals surface area contributed by atoms with Gasteiger partial charge in [0.2, 0.25) is 0 Å². The summed E-state index contributed by atoms with van der Waals surface area (Å²) in [7, 11) is 0. The van der Waals surface area contributed by atoms with Crippen molar-refractivity contribution in [2.45, 2.75) is 32.5 Å². The van der Waals surface area contributed by atoms with Crippen molar-refractivity contribution in [1.82, 2.24) is 0 Å². The number of anilines is 1. The number of benzene rings is 2. The van der Waals surface area contributed by atoms with Crippen molar-refractivity contribution < 1.29 is 27.4 Å². The van der Waals surface area contributed by atoms with Crippen LogP contribution in [0.2, 0.25) is 5.02 Å². The molecule has 0 aliphatic carbocycles. The molecule has 0 aromatic heterocycles. The highest BCUT2D eigenvalue weighted by molar-refractivity contribution is 6.33. The second-order valence-electron chi connectivity index (χ2n) is 5.88. The fourth-order valence-electron chi connectivity index (χ4n) is 2.21. The number of hydrogen-bond acceptors (Lipinski definition) is 3. The highest BCUT2D eigenvalue weighted by Gasteiger charge is 2.30. The second-order valence-corrected chi connectivity index (χ2v) is 6.29. The van der Waals surface area contributed by atoms with Crippen molar-refractivity contribution >= 4 is 23.4 Å². The van der Waals surface area contributed by atoms with Crippen molar-refractivity contribution in [2.24, 2.45) is 0 Å². The van der Waals surface area contributed by atoms with E-state index in [1.54, 1.807) is 25.1 Å². The Hall–Kier alpha value is -2.41. The van der Waals surface area contributed by atoms with Gasteiger partial charge in [-0.15, -0.1) is 0 Å². The minimum atomic E-state index is -4.45. The Balaban J connectivity index is 1.93. The van der Waals surface area contributed by atoms with Crippen LogP contribution in [0.1, 0.15) is 24.5 Å². The molecule has 1 atom stereocenters. The first kappa shape index (κ1) is 20.9. The van der Waals surface area contributed by atoms with E-state index in [0.717, 1.165) is 17.7 Å². The lowest BCUT2D eigenvalue weighted by Crippen LogP contribution is -2.27. The summed E-state index contributed by atoms with van der Waals surface area (Å²) in [5.41, 5.74) is 0.519. The summed E-state index contributed by atoms with van der Waals surface area (Å²) in [4.78, 5) is 12.0. The molecule has 2 aromatic rings. The number of aryl methyl sites for hydroxylation is 1. The molecule has 0 aliphatic heterocycles. The first-order valence-corrected chi connectivity index (χ1v) is 8.60. The predicted molar refractivity (Wildman–Crippen MR) is 97.3 cm³/mol. The Labute approximate surface area is 160 Å². The van der Waals surface area contributed by atoms with Gasteiger partial charge in [0.05, 0.1) is 16.3 Å². The van der Waals surface area contributed by atoms with Crippen LogP contribution < -0.4 is 10.1 Å². The van der Waals surface area contributed by atoms with E-state index in [-0.39, 0.29) is 12.4 Å². The topological polar surface area (TPSA) is 47.6 Å². The maximum Gasteiger partial charge on any atom is 0.416 e. The third kappa shape index (κ3) is 6.36.